The summed E-state index contributed by atoms with van der Waals surface area (Å²) in [6, 6.07) is 8.03. The number of hydrogen-bond acceptors (Lipinski definition) is 3. The van der Waals surface area contributed by atoms with E-state index in [0.29, 0.717) is 6.61 Å². The van der Waals surface area contributed by atoms with E-state index in [4.69, 9.17) is 10.6 Å². The lowest BCUT2D eigenvalue weighted by Crippen LogP contribution is -2.24. The fourth-order valence-electron chi connectivity index (χ4n) is 0.999. The molecule has 0 saturated heterocycles. The first-order valence-electron chi connectivity index (χ1n) is 4.46. The number of rotatable bonds is 5. The van der Waals surface area contributed by atoms with Crippen molar-refractivity contribution in [3.05, 3.63) is 29.8 Å². The summed E-state index contributed by atoms with van der Waals surface area (Å²) in [5.74, 6) is 6.04. The molecule has 1 aromatic rings. The second-order valence-corrected chi connectivity index (χ2v) is 2.97. The first-order valence-corrected chi connectivity index (χ1v) is 4.46. The minimum atomic E-state index is 0.702. The number of benzene rings is 1. The maximum Gasteiger partial charge on any atom is 0.119 e. The second kappa shape index (κ2) is 5.56. The lowest BCUT2D eigenvalue weighted by Gasteiger charge is -2.05. The van der Waals surface area contributed by atoms with Crippen molar-refractivity contribution < 1.29 is 4.74 Å². The summed E-state index contributed by atoms with van der Waals surface area (Å²) in [6.07, 6.45) is 0.921. The van der Waals surface area contributed by atoms with Crippen LogP contribution in [-0.2, 0) is 0 Å². The van der Waals surface area contributed by atoms with E-state index in [0.717, 1.165) is 18.7 Å². The Morgan fingerprint density at radius 3 is 2.62 bits per heavy atom. The molecule has 72 valence electrons. The van der Waals surface area contributed by atoms with E-state index in [2.05, 4.69) is 12.3 Å². The van der Waals surface area contributed by atoms with Crippen LogP contribution in [0.3, 0.4) is 0 Å². The number of ether oxygens (including phenoxy) is 1. The molecule has 0 aliphatic carbocycles. The molecule has 0 unspecified atom stereocenters. The van der Waals surface area contributed by atoms with Crippen molar-refractivity contribution in [2.24, 2.45) is 5.84 Å². The van der Waals surface area contributed by atoms with E-state index in [1.165, 1.54) is 5.56 Å². The van der Waals surface area contributed by atoms with E-state index < -0.39 is 0 Å². The lowest BCUT2D eigenvalue weighted by molar-refractivity contribution is 0.308. The Morgan fingerprint density at radius 2 is 2.00 bits per heavy atom. The van der Waals surface area contributed by atoms with Gasteiger partial charge in [-0.3, -0.25) is 11.3 Å². The van der Waals surface area contributed by atoms with Gasteiger partial charge in [-0.1, -0.05) is 17.7 Å². The van der Waals surface area contributed by atoms with Crippen LogP contribution in [0.15, 0.2) is 24.3 Å². The Labute approximate surface area is 78.9 Å². The van der Waals surface area contributed by atoms with E-state index >= 15 is 0 Å². The highest BCUT2D eigenvalue weighted by molar-refractivity contribution is 5.26. The summed E-state index contributed by atoms with van der Waals surface area (Å²) in [6.45, 7) is 3.54. The predicted octanol–water partition coefficient (Wildman–Crippen LogP) is 1.23. The quantitative estimate of drug-likeness (QED) is 0.407. The topological polar surface area (TPSA) is 47.3 Å². The first-order chi connectivity index (χ1) is 6.33. The van der Waals surface area contributed by atoms with Crippen molar-refractivity contribution in [1.29, 1.82) is 0 Å². The molecule has 3 heteroatoms. The number of hydrazine groups is 1. The van der Waals surface area contributed by atoms with Gasteiger partial charge in [-0.2, -0.15) is 0 Å². The van der Waals surface area contributed by atoms with E-state index in [9.17, 15) is 0 Å². The SMILES string of the molecule is Cc1ccc(OCCCNN)cc1. The maximum absolute atomic E-state index is 5.47. The summed E-state index contributed by atoms with van der Waals surface area (Å²) < 4.78 is 5.47. The van der Waals surface area contributed by atoms with Gasteiger partial charge in [-0.15, -0.1) is 0 Å². The third kappa shape index (κ3) is 3.92. The molecular formula is C10H16N2O. The monoisotopic (exact) mass is 180 g/mol. The Balaban J connectivity index is 2.25. The Hall–Kier alpha value is -1.06. The standard InChI is InChI=1S/C10H16N2O/c1-9-3-5-10(6-4-9)13-8-2-7-12-11/h3-6,12H,2,7-8,11H2,1H3. The fourth-order valence-corrected chi connectivity index (χ4v) is 0.999. The molecule has 13 heavy (non-hydrogen) atoms. The van der Waals surface area contributed by atoms with Gasteiger partial charge in [-0.25, -0.2) is 0 Å². The van der Waals surface area contributed by atoms with Gasteiger partial charge in [0.1, 0.15) is 5.75 Å². The van der Waals surface area contributed by atoms with Crippen LogP contribution in [0, 0.1) is 6.92 Å². The molecule has 0 saturated carbocycles. The van der Waals surface area contributed by atoms with E-state index in [1.54, 1.807) is 0 Å². The first kappa shape index (κ1) is 10.0. The normalized spacial score (nSPS) is 10.0. The van der Waals surface area contributed by atoms with Crippen molar-refractivity contribution >= 4 is 0 Å². The molecule has 0 amide bonds. The summed E-state index contributed by atoms with van der Waals surface area (Å²) in [5.41, 5.74) is 3.83. The van der Waals surface area contributed by atoms with Crippen LogP contribution in [0.1, 0.15) is 12.0 Å². The van der Waals surface area contributed by atoms with Crippen LogP contribution in [0.5, 0.6) is 5.75 Å². The molecular weight excluding hydrogens is 164 g/mol. The van der Waals surface area contributed by atoms with Gasteiger partial charge in [0.05, 0.1) is 6.61 Å². The Kier molecular flexibility index (Phi) is 4.29. The van der Waals surface area contributed by atoms with Crippen molar-refractivity contribution in [3.63, 3.8) is 0 Å². The molecule has 0 bridgehead atoms. The molecule has 3 nitrogen and oxygen atoms in total. The van der Waals surface area contributed by atoms with Crippen molar-refractivity contribution in [3.8, 4) is 5.75 Å². The molecule has 0 aliphatic rings. The van der Waals surface area contributed by atoms with Crippen molar-refractivity contribution in [2.45, 2.75) is 13.3 Å². The third-order valence-electron chi connectivity index (χ3n) is 1.76. The van der Waals surface area contributed by atoms with Gasteiger partial charge in [-0.05, 0) is 25.5 Å². The van der Waals surface area contributed by atoms with Crippen LogP contribution >= 0.6 is 0 Å². The zero-order valence-electron chi connectivity index (χ0n) is 7.92. The average molecular weight is 180 g/mol. The van der Waals surface area contributed by atoms with Crippen LogP contribution in [0.2, 0.25) is 0 Å². The minimum absolute atomic E-state index is 0.702. The van der Waals surface area contributed by atoms with Crippen LogP contribution in [-0.4, -0.2) is 13.2 Å². The summed E-state index contributed by atoms with van der Waals surface area (Å²) >= 11 is 0. The van der Waals surface area contributed by atoms with Gasteiger partial charge in [0.25, 0.3) is 0 Å². The number of nitrogens with one attached hydrogen (secondary N) is 1. The van der Waals surface area contributed by atoms with Gasteiger partial charge >= 0.3 is 0 Å². The minimum Gasteiger partial charge on any atom is -0.494 e. The van der Waals surface area contributed by atoms with E-state index in [1.807, 2.05) is 24.3 Å². The maximum atomic E-state index is 5.47. The van der Waals surface area contributed by atoms with Gasteiger partial charge in [0.2, 0.25) is 0 Å². The predicted molar refractivity (Wildman–Crippen MR) is 53.5 cm³/mol. The molecule has 0 radical (unpaired) electrons. The van der Waals surface area contributed by atoms with Crippen LogP contribution in [0.4, 0.5) is 0 Å². The molecule has 0 fully saturated rings. The number of aryl methyl sites for hydroxylation is 1. The number of nitrogens with two attached hydrogens (primary N) is 1. The molecule has 0 aromatic heterocycles. The lowest BCUT2D eigenvalue weighted by atomic mass is 10.2. The summed E-state index contributed by atoms with van der Waals surface area (Å²) in [5, 5.41) is 0. The summed E-state index contributed by atoms with van der Waals surface area (Å²) in [7, 11) is 0. The number of hydrogen-bond donors (Lipinski definition) is 2. The summed E-state index contributed by atoms with van der Waals surface area (Å²) in [4.78, 5) is 0. The molecule has 3 N–H and O–H groups in total. The Bertz CT molecular complexity index is 233. The average Bonchev–Trinajstić information content (AvgIpc) is 2.15. The van der Waals surface area contributed by atoms with Crippen LogP contribution < -0.4 is 16.0 Å². The zero-order chi connectivity index (χ0) is 9.52. The van der Waals surface area contributed by atoms with Gasteiger partial charge in [0.15, 0.2) is 0 Å². The smallest absolute Gasteiger partial charge is 0.119 e. The van der Waals surface area contributed by atoms with E-state index in [-0.39, 0.29) is 0 Å². The van der Waals surface area contributed by atoms with Gasteiger partial charge in [0, 0.05) is 6.54 Å². The zero-order valence-corrected chi connectivity index (χ0v) is 7.92. The second-order valence-electron chi connectivity index (χ2n) is 2.97. The molecule has 0 spiro atoms. The fraction of sp³-hybridized carbons (Fsp3) is 0.400. The van der Waals surface area contributed by atoms with Crippen molar-refractivity contribution in [1.82, 2.24) is 5.43 Å². The largest absolute Gasteiger partial charge is 0.494 e. The highest BCUT2D eigenvalue weighted by Crippen LogP contribution is 2.11. The van der Waals surface area contributed by atoms with Crippen molar-refractivity contribution in [2.75, 3.05) is 13.2 Å². The highest BCUT2D eigenvalue weighted by atomic mass is 16.5. The molecule has 0 atom stereocenters. The molecule has 0 heterocycles. The highest BCUT2D eigenvalue weighted by Gasteiger charge is 1.91. The van der Waals surface area contributed by atoms with Gasteiger partial charge < -0.3 is 4.74 Å². The molecule has 1 aromatic carbocycles. The molecule has 0 aliphatic heterocycles. The third-order valence-corrected chi connectivity index (χ3v) is 1.76. The van der Waals surface area contributed by atoms with Crippen LogP contribution in [0.25, 0.3) is 0 Å². The molecule has 1 rings (SSSR count). The Morgan fingerprint density at radius 1 is 1.31 bits per heavy atom.